The Morgan fingerprint density at radius 1 is 1.38 bits per heavy atom. The number of hydrogen-bond donors (Lipinski definition) is 2. The van der Waals surface area contributed by atoms with E-state index in [0.29, 0.717) is 12.2 Å². The summed E-state index contributed by atoms with van der Waals surface area (Å²) < 4.78 is 4.80. The maximum absolute atomic E-state index is 12.0. The van der Waals surface area contributed by atoms with E-state index in [-0.39, 0.29) is 24.4 Å². The number of nitrogens with one attached hydrogen (secondary N) is 1. The lowest BCUT2D eigenvalue weighted by atomic mass is 10.1. The van der Waals surface area contributed by atoms with Crippen molar-refractivity contribution in [2.24, 2.45) is 0 Å². The average molecular weight is 288 g/mol. The zero-order chi connectivity index (χ0) is 15.2. The van der Waals surface area contributed by atoms with Gasteiger partial charge in [-0.1, -0.05) is 0 Å². The van der Waals surface area contributed by atoms with Crippen LogP contribution in [0.2, 0.25) is 0 Å². The lowest BCUT2D eigenvalue weighted by Crippen LogP contribution is -2.23. The van der Waals surface area contributed by atoms with E-state index in [9.17, 15) is 9.59 Å². The highest BCUT2D eigenvalue weighted by molar-refractivity contribution is 5.74. The molecule has 0 atom stereocenters. The van der Waals surface area contributed by atoms with Crippen molar-refractivity contribution < 1.29 is 9.53 Å². The Labute approximate surface area is 121 Å². The van der Waals surface area contributed by atoms with Gasteiger partial charge in [-0.2, -0.15) is 0 Å². The number of nitrogens with zero attached hydrogens (tertiary/aromatic N) is 2. The largest absolute Gasteiger partial charge is 0.466 e. The van der Waals surface area contributed by atoms with E-state index in [1.54, 1.807) is 19.3 Å². The molecule has 0 unspecified atom stereocenters. The number of carbonyl (C=O) groups is 1. The Morgan fingerprint density at radius 2 is 2.10 bits per heavy atom. The molecule has 0 fully saturated rings. The highest BCUT2D eigenvalue weighted by atomic mass is 16.5. The smallest absolute Gasteiger partial charge is 0.310 e. The Kier molecular flexibility index (Phi) is 4.65. The number of pyridine rings is 1. The van der Waals surface area contributed by atoms with Crippen LogP contribution in [0.25, 0.3) is 0 Å². The minimum absolute atomic E-state index is 0.0517. The predicted molar refractivity (Wildman–Crippen MR) is 76.7 cm³/mol. The zero-order valence-electron chi connectivity index (χ0n) is 11.6. The minimum atomic E-state index is -0.501. The van der Waals surface area contributed by atoms with E-state index < -0.39 is 11.5 Å². The van der Waals surface area contributed by atoms with Crippen molar-refractivity contribution >= 4 is 11.8 Å². The number of H-pyrrole nitrogens is 1. The van der Waals surface area contributed by atoms with Crippen molar-refractivity contribution in [2.45, 2.75) is 19.8 Å². The molecule has 0 spiro atoms. The SMILES string of the molecule is CCOC(=O)Cc1c(N)nc(Cc2ccncc2)[nH]c1=O. The second kappa shape index (κ2) is 6.65. The van der Waals surface area contributed by atoms with Crippen LogP contribution >= 0.6 is 0 Å². The molecular formula is C14H16N4O3. The van der Waals surface area contributed by atoms with Gasteiger partial charge in [0, 0.05) is 18.8 Å². The molecule has 0 aromatic carbocycles. The van der Waals surface area contributed by atoms with Crippen LogP contribution in [0.5, 0.6) is 0 Å². The zero-order valence-corrected chi connectivity index (χ0v) is 11.6. The number of aromatic amines is 1. The summed E-state index contributed by atoms with van der Waals surface area (Å²) in [6.45, 7) is 1.95. The first-order chi connectivity index (χ1) is 10.1. The lowest BCUT2D eigenvalue weighted by Gasteiger charge is -2.07. The van der Waals surface area contributed by atoms with Crippen molar-refractivity contribution in [3.05, 3.63) is 51.8 Å². The summed E-state index contributed by atoms with van der Waals surface area (Å²) in [5, 5.41) is 0. The molecule has 21 heavy (non-hydrogen) atoms. The Hall–Kier alpha value is -2.70. The minimum Gasteiger partial charge on any atom is -0.466 e. The maximum Gasteiger partial charge on any atom is 0.310 e. The topological polar surface area (TPSA) is 111 Å². The van der Waals surface area contributed by atoms with Crippen molar-refractivity contribution in [3.8, 4) is 0 Å². The van der Waals surface area contributed by atoms with Gasteiger partial charge in [0.25, 0.3) is 5.56 Å². The number of nitrogens with two attached hydrogens (primary N) is 1. The molecule has 2 aromatic rings. The van der Waals surface area contributed by atoms with Gasteiger partial charge in [0.2, 0.25) is 0 Å². The van der Waals surface area contributed by atoms with E-state index in [0.717, 1.165) is 5.56 Å². The second-order valence-corrected chi connectivity index (χ2v) is 4.39. The molecule has 7 nitrogen and oxygen atoms in total. The van der Waals surface area contributed by atoms with E-state index in [4.69, 9.17) is 10.5 Å². The van der Waals surface area contributed by atoms with Crippen molar-refractivity contribution in [2.75, 3.05) is 12.3 Å². The standard InChI is InChI=1S/C14H16N4O3/c1-2-21-12(19)8-10-13(15)17-11(18-14(10)20)7-9-3-5-16-6-4-9/h3-6H,2,7-8H2,1H3,(H3,15,17,18,20). The molecule has 0 saturated carbocycles. The van der Waals surface area contributed by atoms with Crippen LogP contribution in [-0.4, -0.2) is 27.5 Å². The van der Waals surface area contributed by atoms with E-state index >= 15 is 0 Å². The fourth-order valence-corrected chi connectivity index (χ4v) is 1.87. The molecule has 0 aliphatic rings. The third-order valence-corrected chi connectivity index (χ3v) is 2.84. The molecule has 2 rings (SSSR count). The van der Waals surface area contributed by atoms with Crippen LogP contribution in [0.3, 0.4) is 0 Å². The molecule has 0 bridgehead atoms. The van der Waals surface area contributed by atoms with Crippen LogP contribution in [0.1, 0.15) is 23.9 Å². The van der Waals surface area contributed by atoms with Crippen LogP contribution in [0.15, 0.2) is 29.3 Å². The Morgan fingerprint density at radius 3 is 2.71 bits per heavy atom. The maximum atomic E-state index is 12.0. The van der Waals surface area contributed by atoms with Crippen LogP contribution in [0, 0.1) is 0 Å². The molecule has 110 valence electrons. The fourth-order valence-electron chi connectivity index (χ4n) is 1.87. The van der Waals surface area contributed by atoms with Gasteiger partial charge in [-0.25, -0.2) is 4.98 Å². The van der Waals surface area contributed by atoms with Gasteiger partial charge in [-0.15, -0.1) is 0 Å². The van der Waals surface area contributed by atoms with Crippen molar-refractivity contribution in [3.63, 3.8) is 0 Å². The number of hydrogen-bond acceptors (Lipinski definition) is 6. The van der Waals surface area contributed by atoms with E-state index in [1.807, 2.05) is 12.1 Å². The monoisotopic (exact) mass is 288 g/mol. The Bertz CT molecular complexity index is 682. The number of anilines is 1. The van der Waals surface area contributed by atoms with Crippen LogP contribution < -0.4 is 11.3 Å². The Balaban J connectivity index is 2.21. The van der Waals surface area contributed by atoms with Crippen molar-refractivity contribution in [1.82, 2.24) is 15.0 Å². The summed E-state index contributed by atoms with van der Waals surface area (Å²) in [7, 11) is 0. The molecule has 0 aliphatic heterocycles. The molecule has 0 amide bonds. The second-order valence-electron chi connectivity index (χ2n) is 4.39. The van der Waals surface area contributed by atoms with E-state index in [2.05, 4.69) is 15.0 Å². The third-order valence-electron chi connectivity index (χ3n) is 2.84. The highest BCUT2D eigenvalue weighted by Gasteiger charge is 2.14. The summed E-state index contributed by atoms with van der Waals surface area (Å²) >= 11 is 0. The summed E-state index contributed by atoms with van der Waals surface area (Å²) in [5.41, 5.74) is 6.43. The first-order valence-corrected chi connectivity index (χ1v) is 6.52. The number of ether oxygens (including phenoxy) is 1. The quantitative estimate of drug-likeness (QED) is 0.772. The molecule has 3 N–H and O–H groups in total. The van der Waals surface area contributed by atoms with Gasteiger partial charge in [0.15, 0.2) is 0 Å². The predicted octanol–water partition coefficient (Wildman–Crippen LogP) is 0.443. The fraction of sp³-hybridized carbons (Fsp3) is 0.286. The van der Waals surface area contributed by atoms with Gasteiger partial charge in [-0.3, -0.25) is 14.6 Å². The first kappa shape index (κ1) is 14.7. The first-order valence-electron chi connectivity index (χ1n) is 6.52. The van der Waals surface area contributed by atoms with Gasteiger partial charge in [0.05, 0.1) is 18.6 Å². The highest BCUT2D eigenvalue weighted by Crippen LogP contribution is 2.08. The summed E-state index contributed by atoms with van der Waals surface area (Å²) in [4.78, 5) is 34.1. The number of rotatable bonds is 5. The number of aromatic nitrogens is 3. The molecule has 2 aromatic heterocycles. The molecule has 2 heterocycles. The summed E-state index contributed by atoms with van der Waals surface area (Å²) in [6, 6.07) is 3.64. The van der Waals surface area contributed by atoms with Crippen LogP contribution in [-0.2, 0) is 22.4 Å². The number of nitrogen functional groups attached to an aromatic ring is 1. The molecule has 0 saturated heterocycles. The van der Waals surface area contributed by atoms with Gasteiger partial charge in [0.1, 0.15) is 11.6 Å². The number of esters is 1. The molecule has 0 aliphatic carbocycles. The summed E-state index contributed by atoms with van der Waals surface area (Å²) in [5.74, 6) is -0.00875. The van der Waals surface area contributed by atoms with Gasteiger partial charge in [-0.05, 0) is 24.6 Å². The normalized spacial score (nSPS) is 10.3. The third kappa shape index (κ3) is 3.88. The van der Waals surface area contributed by atoms with E-state index in [1.165, 1.54) is 0 Å². The summed E-state index contributed by atoms with van der Waals surface area (Å²) in [6.07, 6.45) is 3.57. The average Bonchev–Trinajstić information content (AvgIpc) is 2.44. The molecular weight excluding hydrogens is 272 g/mol. The lowest BCUT2D eigenvalue weighted by molar-refractivity contribution is -0.142. The van der Waals surface area contributed by atoms with Gasteiger partial charge < -0.3 is 15.5 Å². The number of carbonyl (C=O) groups excluding carboxylic acids is 1. The van der Waals surface area contributed by atoms with Crippen molar-refractivity contribution in [1.29, 1.82) is 0 Å². The molecule has 7 heteroatoms. The van der Waals surface area contributed by atoms with Crippen LogP contribution in [0.4, 0.5) is 5.82 Å². The molecule has 0 radical (unpaired) electrons. The van der Waals surface area contributed by atoms with Gasteiger partial charge >= 0.3 is 5.97 Å².